The fourth-order valence-corrected chi connectivity index (χ4v) is 1.96. The molecule has 0 saturated heterocycles. The van der Waals surface area contributed by atoms with E-state index in [1.807, 2.05) is 23.9 Å². The van der Waals surface area contributed by atoms with Gasteiger partial charge in [-0.25, -0.2) is 4.68 Å². The van der Waals surface area contributed by atoms with Gasteiger partial charge in [0, 0.05) is 18.4 Å². The first-order valence-corrected chi connectivity index (χ1v) is 5.52. The Balaban J connectivity index is 2.49. The van der Waals surface area contributed by atoms with E-state index in [2.05, 4.69) is 30.2 Å². The normalized spacial score (nSPS) is 12.7. The van der Waals surface area contributed by atoms with Crippen LogP contribution < -0.4 is 5.73 Å². The number of hydrogen-bond acceptors (Lipinski definition) is 2. The van der Waals surface area contributed by atoms with Gasteiger partial charge in [-0.05, 0) is 37.5 Å². The Hall–Kier alpha value is -1.61. The van der Waals surface area contributed by atoms with Gasteiger partial charge in [0.25, 0.3) is 0 Å². The summed E-state index contributed by atoms with van der Waals surface area (Å²) >= 11 is 0. The molecule has 1 aromatic heterocycles. The summed E-state index contributed by atoms with van der Waals surface area (Å²) in [7, 11) is 0. The summed E-state index contributed by atoms with van der Waals surface area (Å²) in [6.45, 7) is 4.12. The molecular weight excluding hydrogens is 198 g/mol. The second-order valence-corrected chi connectivity index (χ2v) is 4.21. The molecule has 3 heteroatoms. The number of benzene rings is 1. The topological polar surface area (TPSA) is 43.8 Å². The lowest BCUT2D eigenvalue weighted by atomic mass is 10.0. The van der Waals surface area contributed by atoms with Crippen molar-refractivity contribution in [2.75, 3.05) is 0 Å². The Labute approximate surface area is 95.9 Å². The second-order valence-electron chi connectivity index (χ2n) is 4.21. The molecule has 2 N–H and O–H groups in total. The second kappa shape index (κ2) is 4.49. The molecule has 0 spiro atoms. The highest BCUT2D eigenvalue weighted by atomic mass is 15.3. The Morgan fingerprint density at radius 1 is 1.38 bits per heavy atom. The monoisotopic (exact) mass is 215 g/mol. The highest BCUT2D eigenvalue weighted by molar-refractivity contribution is 5.47. The maximum Gasteiger partial charge on any atom is 0.0707 e. The molecule has 1 atom stereocenters. The number of aryl methyl sites for hydroxylation is 1. The summed E-state index contributed by atoms with van der Waals surface area (Å²) in [5.41, 5.74) is 9.50. The molecule has 2 rings (SSSR count). The van der Waals surface area contributed by atoms with Crippen molar-refractivity contribution in [1.82, 2.24) is 9.78 Å². The van der Waals surface area contributed by atoms with Gasteiger partial charge < -0.3 is 5.73 Å². The van der Waals surface area contributed by atoms with Crippen molar-refractivity contribution in [3.63, 3.8) is 0 Å². The Morgan fingerprint density at radius 3 is 2.81 bits per heavy atom. The fraction of sp³-hybridized carbons (Fsp3) is 0.308. The van der Waals surface area contributed by atoms with Crippen LogP contribution in [0.5, 0.6) is 0 Å². The highest BCUT2D eigenvalue weighted by Crippen LogP contribution is 2.19. The van der Waals surface area contributed by atoms with Crippen molar-refractivity contribution in [1.29, 1.82) is 0 Å². The molecule has 2 aromatic rings. The molecule has 0 radical (unpaired) electrons. The zero-order valence-corrected chi connectivity index (χ0v) is 9.72. The molecule has 1 unspecified atom stereocenters. The van der Waals surface area contributed by atoms with Crippen molar-refractivity contribution in [3.8, 4) is 5.69 Å². The predicted octanol–water partition coefficient (Wildman–Crippen LogP) is 2.07. The molecule has 0 aliphatic carbocycles. The fourth-order valence-electron chi connectivity index (χ4n) is 1.96. The van der Waals surface area contributed by atoms with Crippen LogP contribution in [0.3, 0.4) is 0 Å². The number of nitrogens with two attached hydrogens (primary N) is 1. The molecule has 0 aliphatic heterocycles. The molecule has 84 valence electrons. The van der Waals surface area contributed by atoms with E-state index >= 15 is 0 Å². The lowest BCUT2D eigenvalue weighted by Crippen LogP contribution is -2.19. The van der Waals surface area contributed by atoms with Crippen LogP contribution in [0.25, 0.3) is 5.69 Å². The maximum atomic E-state index is 5.87. The lowest BCUT2D eigenvalue weighted by Gasteiger charge is -2.14. The van der Waals surface area contributed by atoms with Gasteiger partial charge in [-0.1, -0.05) is 18.2 Å². The van der Waals surface area contributed by atoms with Crippen LogP contribution in [0.2, 0.25) is 0 Å². The largest absolute Gasteiger partial charge is 0.328 e. The van der Waals surface area contributed by atoms with Crippen molar-refractivity contribution in [2.45, 2.75) is 26.3 Å². The van der Waals surface area contributed by atoms with Gasteiger partial charge in [0.15, 0.2) is 0 Å². The van der Waals surface area contributed by atoms with Crippen molar-refractivity contribution >= 4 is 0 Å². The van der Waals surface area contributed by atoms with Gasteiger partial charge in [0.2, 0.25) is 0 Å². The number of nitrogens with zero attached hydrogens (tertiary/aromatic N) is 2. The average Bonchev–Trinajstić information content (AvgIpc) is 2.69. The molecule has 1 aromatic carbocycles. The van der Waals surface area contributed by atoms with E-state index in [1.54, 1.807) is 6.20 Å². The summed E-state index contributed by atoms with van der Waals surface area (Å²) in [6.07, 6.45) is 4.63. The lowest BCUT2D eigenvalue weighted by molar-refractivity contribution is 0.726. The first-order chi connectivity index (χ1) is 7.68. The average molecular weight is 215 g/mol. The third kappa shape index (κ3) is 2.14. The quantitative estimate of drug-likeness (QED) is 0.851. The van der Waals surface area contributed by atoms with E-state index in [-0.39, 0.29) is 6.04 Å². The van der Waals surface area contributed by atoms with Crippen molar-refractivity contribution < 1.29 is 0 Å². The number of hydrogen-bond donors (Lipinski definition) is 1. The van der Waals surface area contributed by atoms with E-state index < -0.39 is 0 Å². The van der Waals surface area contributed by atoms with E-state index in [0.29, 0.717) is 0 Å². The van der Waals surface area contributed by atoms with E-state index in [9.17, 15) is 0 Å². The smallest absolute Gasteiger partial charge is 0.0707 e. The maximum absolute atomic E-state index is 5.87. The third-order valence-corrected chi connectivity index (χ3v) is 2.60. The van der Waals surface area contributed by atoms with E-state index in [0.717, 1.165) is 12.1 Å². The molecule has 0 aliphatic rings. The molecule has 0 saturated carbocycles. The number of aromatic nitrogens is 2. The van der Waals surface area contributed by atoms with Crippen molar-refractivity contribution in [3.05, 3.63) is 47.8 Å². The molecule has 16 heavy (non-hydrogen) atoms. The van der Waals surface area contributed by atoms with E-state index in [4.69, 9.17) is 5.73 Å². The number of rotatable bonds is 3. The summed E-state index contributed by atoms with van der Waals surface area (Å²) in [5, 5.41) is 4.29. The molecular formula is C13H17N3. The van der Waals surface area contributed by atoms with Crippen LogP contribution in [0.4, 0.5) is 0 Å². The molecule has 0 fully saturated rings. The predicted molar refractivity (Wildman–Crippen MR) is 65.7 cm³/mol. The summed E-state index contributed by atoms with van der Waals surface area (Å²) in [4.78, 5) is 0. The first kappa shape index (κ1) is 10.9. The third-order valence-electron chi connectivity index (χ3n) is 2.60. The van der Waals surface area contributed by atoms with Crippen LogP contribution in [0.1, 0.15) is 18.1 Å². The molecule has 1 heterocycles. The van der Waals surface area contributed by atoms with Gasteiger partial charge in [-0.2, -0.15) is 5.10 Å². The molecule has 3 nitrogen and oxygen atoms in total. The van der Waals surface area contributed by atoms with Gasteiger partial charge in [0.1, 0.15) is 0 Å². The molecule has 0 amide bonds. The van der Waals surface area contributed by atoms with E-state index in [1.165, 1.54) is 11.1 Å². The minimum atomic E-state index is 0.163. The minimum absolute atomic E-state index is 0.163. The Bertz CT molecular complexity index is 458. The Morgan fingerprint density at radius 2 is 2.19 bits per heavy atom. The standard InChI is InChI=1S/C13H17N3/c1-10-5-3-6-12(9-11(2)14)13(10)16-8-4-7-15-16/h3-8,11H,9,14H2,1-2H3. The summed E-state index contributed by atoms with van der Waals surface area (Å²) in [6, 6.07) is 8.38. The van der Waals surface area contributed by atoms with Crippen LogP contribution in [0.15, 0.2) is 36.7 Å². The van der Waals surface area contributed by atoms with Crippen LogP contribution in [-0.2, 0) is 6.42 Å². The summed E-state index contributed by atoms with van der Waals surface area (Å²) < 4.78 is 1.91. The van der Waals surface area contributed by atoms with Crippen LogP contribution in [-0.4, -0.2) is 15.8 Å². The van der Waals surface area contributed by atoms with Crippen LogP contribution in [0, 0.1) is 6.92 Å². The van der Waals surface area contributed by atoms with Crippen molar-refractivity contribution in [2.24, 2.45) is 5.73 Å². The number of para-hydroxylation sites is 1. The van der Waals surface area contributed by atoms with Gasteiger partial charge in [-0.3, -0.25) is 0 Å². The highest BCUT2D eigenvalue weighted by Gasteiger charge is 2.09. The first-order valence-electron chi connectivity index (χ1n) is 5.52. The zero-order valence-electron chi connectivity index (χ0n) is 9.72. The van der Waals surface area contributed by atoms with Gasteiger partial charge in [0.05, 0.1) is 5.69 Å². The van der Waals surface area contributed by atoms with Crippen LogP contribution >= 0.6 is 0 Å². The summed E-state index contributed by atoms with van der Waals surface area (Å²) in [5.74, 6) is 0. The van der Waals surface area contributed by atoms with Gasteiger partial charge in [-0.15, -0.1) is 0 Å². The Kier molecular flexibility index (Phi) is 3.06. The zero-order chi connectivity index (χ0) is 11.5. The molecule has 0 bridgehead atoms. The van der Waals surface area contributed by atoms with Gasteiger partial charge >= 0.3 is 0 Å². The SMILES string of the molecule is Cc1cccc(CC(C)N)c1-n1cccn1. The minimum Gasteiger partial charge on any atom is -0.328 e.